The zero-order chi connectivity index (χ0) is 16.4. The van der Waals surface area contributed by atoms with Gasteiger partial charge in [0.15, 0.2) is 0 Å². The van der Waals surface area contributed by atoms with Crippen LogP contribution in [0.15, 0.2) is 41.1 Å². The lowest BCUT2D eigenvalue weighted by atomic mass is 10.0. The second kappa shape index (κ2) is 10.8. The molecule has 0 amide bonds. The van der Waals surface area contributed by atoms with Crippen LogP contribution in [-0.2, 0) is 14.3 Å². The van der Waals surface area contributed by atoms with Gasteiger partial charge in [0.25, 0.3) is 0 Å². The van der Waals surface area contributed by atoms with Crippen molar-refractivity contribution in [3.05, 3.63) is 41.1 Å². The molecule has 0 saturated heterocycles. The van der Waals surface area contributed by atoms with Crippen LogP contribution in [0.3, 0.4) is 0 Å². The van der Waals surface area contributed by atoms with Gasteiger partial charge in [-0.1, -0.05) is 40.2 Å². The van der Waals surface area contributed by atoms with Crippen LogP contribution in [0.1, 0.15) is 33.1 Å². The summed E-state index contributed by atoms with van der Waals surface area (Å²) in [6.07, 6.45) is 11.3. The molecular formula is C17H22BrClO3. The molecule has 4 atom stereocenters. The van der Waals surface area contributed by atoms with Gasteiger partial charge in [0.05, 0.1) is 17.6 Å². The quantitative estimate of drug-likeness (QED) is 0.297. The van der Waals surface area contributed by atoms with Gasteiger partial charge in [-0.15, -0.1) is 17.3 Å². The summed E-state index contributed by atoms with van der Waals surface area (Å²) in [4.78, 5) is 12.8. The second-order valence-corrected chi connectivity index (χ2v) is 6.04. The van der Waals surface area contributed by atoms with E-state index in [0.29, 0.717) is 6.42 Å². The fourth-order valence-electron chi connectivity index (χ4n) is 2.25. The highest BCUT2D eigenvalue weighted by Crippen LogP contribution is 2.24. The summed E-state index contributed by atoms with van der Waals surface area (Å²) >= 11 is 9.60. The number of hydrogen-bond donors (Lipinski definition) is 0. The zero-order valence-electron chi connectivity index (χ0n) is 12.9. The molecule has 0 fully saturated rings. The number of hydrogen-bond acceptors (Lipinski definition) is 3. The number of esters is 1. The number of rotatable bonds is 5. The van der Waals surface area contributed by atoms with Crippen molar-refractivity contribution >= 4 is 33.5 Å². The first-order valence-electron chi connectivity index (χ1n) is 7.32. The van der Waals surface area contributed by atoms with Crippen LogP contribution in [0.5, 0.6) is 0 Å². The van der Waals surface area contributed by atoms with Crippen LogP contribution in [-0.4, -0.2) is 29.7 Å². The minimum absolute atomic E-state index is 0.0125. The Morgan fingerprint density at radius 2 is 2.27 bits per heavy atom. The van der Waals surface area contributed by atoms with Crippen molar-refractivity contribution in [1.82, 2.24) is 0 Å². The molecular weight excluding hydrogens is 368 g/mol. The number of halogens is 2. The summed E-state index contributed by atoms with van der Waals surface area (Å²) in [5, 5.41) is -0.163. The predicted octanol–water partition coefficient (Wildman–Crippen LogP) is 4.66. The van der Waals surface area contributed by atoms with Gasteiger partial charge in [-0.25, -0.2) is 0 Å². The van der Waals surface area contributed by atoms with Gasteiger partial charge >= 0.3 is 5.97 Å². The molecule has 0 aliphatic carbocycles. The molecule has 0 saturated carbocycles. The molecule has 0 aromatic heterocycles. The largest absolute Gasteiger partial charge is 0.458 e. The molecule has 0 radical (unpaired) electrons. The Kier molecular flexibility index (Phi) is 9.49. The third-order valence-electron chi connectivity index (χ3n) is 3.18. The number of alkyl halides is 1. The summed E-state index contributed by atoms with van der Waals surface area (Å²) in [6, 6.07) is 0. The molecule has 0 N–H and O–H groups in total. The molecule has 1 heterocycles. The molecule has 1 aliphatic heterocycles. The molecule has 0 aromatic carbocycles. The Hall–Kier alpha value is -0.800. The van der Waals surface area contributed by atoms with Crippen molar-refractivity contribution in [2.24, 2.45) is 0 Å². The Balaban J connectivity index is 2.84. The SMILES string of the molecule is CC=C[C@@H]1CC=CC[C@H](Cl)[C@H](C[C@H](C=C=CBr)OC(C)=O)O1. The van der Waals surface area contributed by atoms with Crippen molar-refractivity contribution < 1.29 is 14.3 Å². The number of carbonyl (C=O) groups is 1. The third-order valence-corrected chi connectivity index (χ3v) is 3.91. The summed E-state index contributed by atoms with van der Waals surface area (Å²) in [7, 11) is 0. The first-order valence-corrected chi connectivity index (χ1v) is 8.67. The van der Waals surface area contributed by atoms with Crippen LogP contribution in [0.2, 0.25) is 0 Å². The molecule has 0 bridgehead atoms. The number of ether oxygens (including phenoxy) is 2. The molecule has 3 nitrogen and oxygen atoms in total. The average molecular weight is 390 g/mol. The summed E-state index contributed by atoms with van der Waals surface area (Å²) in [6.45, 7) is 3.35. The molecule has 0 aromatic rings. The average Bonchev–Trinajstić information content (AvgIpc) is 2.45. The zero-order valence-corrected chi connectivity index (χ0v) is 15.2. The molecule has 0 unspecified atom stereocenters. The fraction of sp³-hybridized carbons (Fsp3) is 0.529. The summed E-state index contributed by atoms with van der Waals surface area (Å²) < 4.78 is 11.4. The van der Waals surface area contributed by atoms with E-state index in [1.807, 2.05) is 19.1 Å². The van der Waals surface area contributed by atoms with Crippen LogP contribution in [0, 0.1) is 0 Å². The van der Waals surface area contributed by atoms with E-state index >= 15 is 0 Å². The van der Waals surface area contributed by atoms with Crippen molar-refractivity contribution in [3.8, 4) is 0 Å². The maximum absolute atomic E-state index is 11.2. The van der Waals surface area contributed by atoms with Crippen LogP contribution in [0.4, 0.5) is 0 Å². The van der Waals surface area contributed by atoms with E-state index in [4.69, 9.17) is 21.1 Å². The molecule has 1 rings (SSSR count). The van der Waals surface area contributed by atoms with Gasteiger partial charge in [-0.2, -0.15) is 0 Å². The van der Waals surface area contributed by atoms with Gasteiger partial charge in [0.1, 0.15) is 6.10 Å². The van der Waals surface area contributed by atoms with Gasteiger partial charge in [0, 0.05) is 18.3 Å². The minimum atomic E-state index is -0.410. The fourth-order valence-corrected chi connectivity index (χ4v) is 2.67. The third kappa shape index (κ3) is 7.46. The van der Waals surface area contributed by atoms with Crippen molar-refractivity contribution in [2.45, 2.75) is 56.8 Å². The summed E-state index contributed by atoms with van der Waals surface area (Å²) in [5.41, 5.74) is 2.89. The lowest BCUT2D eigenvalue weighted by Crippen LogP contribution is -2.34. The van der Waals surface area contributed by atoms with Gasteiger partial charge in [0.2, 0.25) is 0 Å². The highest BCUT2D eigenvalue weighted by atomic mass is 79.9. The lowest BCUT2D eigenvalue weighted by Gasteiger charge is -2.29. The Morgan fingerprint density at radius 1 is 1.55 bits per heavy atom. The van der Waals surface area contributed by atoms with E-state index in [1.165, 1.54) is 6.92 Å². The van der Waals surface area contributed by atoms with Gasteiger partial charge < -0.3 is 9.47 Å². The lowest BCUT2D eigenvalue weighted by molar-refractivity contribution is -0.145. The first-order chi connectivity index (χ1) is 10.6. The van der Waals surface area contributed by atoms with Crippen LogP contribution in [0.25, 0.3) is 0 Å². The van der Waals surface area contributed by atoms with E-state index in [1.54, 1.807) is 11.1 Å². The van der Waals surface area contributed by atoms with Crippen molar-refractivity contribution in [2.75, 3.05) is 0 Å². The molecule has 122 valence electrons. The van der Waals surface area contributed by atoms with E-state index in [-0.39, 0.29) is 23.6 Å². The molecule has 1 aliphatic rings. The first kappa shape index (κ1) is 19.2. The maximum atomic E-state index is 11.2. The van der Waals surface area contributed by atoms with Gasteiger partial charge in [-0.3, -0.25) is 4.79 Å². The van der Waals surface area contributed by atoms with Crippen LogP contribution < -0.4 is 0 Å². The highest BCUT2D eigenvalue weighted by molar-refractivity contribution is 9.11. The van der Waals surface area contributed by atoms with E-state index < -0.39 is 6.10 Å². The molecule has 5 heteroatoms. The standard InChI is InChI=1S/C17H22BrClO3/c1-3-7-14-8-4-5-10-16(19)17(22-14)12-15(9-6-11-18)21-13(2)20/h3-5,7,9,11,14-17H,8,10,12H2,1-2H3/t6?,14-,15+,16+,17+/m1/s1. The number of allylic oxidation sites excluding steroid dienone is 2. The minimum Gasteiger partial charge on any atom is -0.458 e. The Labute approximate surface area is 145 Å². The molecule has 22 heavy (non-hydrogen) atoms. The Morgan fingerprint density at radius 3 is 2.91 bits per heavy atom. The molecule has 0 spiro atoms. The van der Waals surface area contributed by atoms with E-state index in [9.17, 15) is 4.79 Å². The smallest absolute Gasteiger partial charge is 0.303 e. The second-order valence-electron chi connectivity index (χ2n) is 5.02. The van der Waals surface area contributed by atoms with Crippen molar-refractivity contribution in [3.63, 3.8) is 0 Å². The number of carbonyl (C=O) groups excluding carboxylic acids is 1. The topological polar surface area (TPSA) is 35.5 Å². The Bertz CT molecular complexity index is 467. The maximum Gasteiger partial charge on any atom is 0.303 e. The predicted molar refractivity (Wildman–Crippen MR) is 93.2 cm³/mol. The highest BCUT2D eigenvalue weighted by Gasteiger charge is 2.27. The summed E-state index contributed by atoms with van der Waals surface area (Å²) in [5.74, 6) is -0.334. The van der Waals surface area contributed by atoms with E-state index in [0.717, 1.165) is 12.8 Å². The van der Waals surface area contributed by atoms with Gasteiger partial charge in [-0.05, 0) is 25.8 Å². The van der Waals surface area contributed by atoms with Crippen molar-refractivity contribution in [1.29, 1.82) is 0 Å². The van der Waals surface area contributed by atoms with Crippen LogP contribution >= 0.6 is 27.5 Å². The van der Waals surface area contributed by atoms with E-state index in [2.05, 4.69) is 33.8 Å². The monoisotopic (exact) mass is 388 g/mol. The normalized spacial score (nSPS) is 26.6.